The molecule has 3 rings (SSSR count). The Morgan fingerprint density at radius 3 is 2.29 bits per heavy atom. The molecule has 0 heterocycles. The van der Waals surface area contributed by atoms with E-state index in [-0.39, 0.29) is 23.2 Å². The number of hydrogen-bond donors (Lipinski definition) is 3. The van der Waals surface area contributed by atoms with Gasteiger partial charge in [-0.1, -0.05) is 62.4 Å². The quantitative estimate of drug-likeness (QED) is 0.326. The number of thiol groups is 1. The highest BCUT2D eigenvalue weighted by Crippen LogP contribution is 2.32. The summed E-state index contributed by atoms with van der Waals surface area (Å²) in [6.07, 6.45) is 4.67. The number of nitro benzene ring substituents is 1. The van der Waals surface area contributed by atoms with Gasteiger partial charge in [-0.3, -0.25) is 19.2 Å². The number of carbonyl (C=O) groups is 2. The summed E-state index contributed by atoms with van der Waals surface area (Å²) in [6.45, 7) is 1.89. The van der Waals surface area contributed by atoms with Gasteiger partial charge in [-0.15, -0.1) is 0 Å². The van der Waals surface area contributed by atoms with Crippen LogP contribution in [0.1, 0.15) is 37.7 Å². The lowest BCUT2D eigenvalue weighted by Gasteiger charge is -2.34. The third-order valence-electron chi connectivity index (χ3n) is 5.58. The van der Waals surface area contributed by atoms with E-state index in [4.69, 9.17) is 0 Å². The average molecular weight is 443 g/mol. The molecule has 0 aliphatic heterocycles. The van der Waals surface area contributed by atoms with Gasteiger partial charge in [0.1, 0.15) is 11.7 Å². The Balaban J connectivity index is 1.83. The number of hydrogen-bond acceptors (Lipinski definition) is 5. The molecule has 1 saturated carbocycles. The van der Waals surface area contributed by atoms with Gasteiger partial charge in [0, 0.05) is 11.8 Å². The lowest BCUT2D eigenvalue weighted by atomic mass is 9.83. The zero-order valence-electron chi connectivity index (χ0n) is 17.3. The van der Waals surface area contributed by atoms with E-state index in [0.717, 1.165) is 42.0 Å². The van der Waals surface area contributed by atoms with Crippen molar-refractivity contribution >= 4 is 41.8 Å². The minimum atomic E-state index is -0.814. The van der Waals surface area contributed by atoms with Gasteiger partial charge < -0.3 is 10.6 Å². The average Bonchev–Trinajstić information content (AvgIpc) is 2.76. The molecule has 0 radical (unpaired) electrons. The van der Waals surface area contributed by atoms with Crippen LogP contribution in [0, 0.1) is 23.0 Å². The highest BCUT2D eigenvalue weighted by Gasteiger charge is 2.36. The molecule has 2 N–H and O–H groups in total. The number of nitro groups is 1. The maximum atomic E-state index is 13.2. The van der Waals surface area contributed by atoms with Gasteiger partial charge in [0.25, 0.3) is 5.69 Å². The zero-order valence-corrected chi connectivity index (χ0v) is 18.2. The lowest BCUT2D eigenvalue weighted by Crippen LogP contribution is -2.49. The molecule has 0 bridgehead atoms. The Hall–Kier alpha value is -3.07. The number of carbonyl (C=O) groups excluding carboxylic acids is 2. The van der Waals surface area contributed by atoms with E-state index in [9.17, 15) is 19.7 Å². The summed E-state index contributed by atoms with van der Waals surface area (Å²) < 4.78 is 1.07. The first-order chi connectivity index (χ1) is 14.9. The minimum absolute atomic E-state index is 0.0493. The predicted molar refractivity (Wildman–Crippen MR) is 123 cm³/mol. The van der Waals surface area contributed by atoms with Crippen molar-refractivity contribution in [1.82, 2.24) is 4.31 Å². The van der Waals surface area contributed by atoms with Gasteiger partial charge in [0.2, 0.25) is 5.91 Å². The van der Waals surface area contributed by atoms with E-state index in [1.807, 2.05) is 25.1 Å². The van der Waals surface area contributed by atoms with Gasteiger partial charge in [0.05, 0.1) is 4.92 Å². The van der Waals surface area contributed by atoms with Crippen LogP contribution in [-0.2, 0) is 4.79 Å². The summed E-state index contributed by atoms with van der Waals surface area (Å²) in [5, 5.41) is 16.7. The Morgan fingerprint density at radius 2 is 1.65 bits per heavy atom. The highest BCUT2D eigenvalue weighted by atomic mass is 32.1. The van der Waals surface area contributed by atoms with Crippen LogP contribution in [0.3, 0.4) is 0 Å². The number of benzene rings is 2. The molecule has 0 saturated heterocycles. The second-order valence-corrected chi connectivity index (χ2v) is 8.13. The van der Waals surface area contributed by atoms with Crippen LogP contribution >= 0.6 is 12.8 Å². The van der Waals surface area contributed by atoms with Crippen molar-refractivity contribution in [2.45, 2.75) is 45.1 Å². The molecule has 1 aliphatic rings. The van der Waals surface area contributed by atoms with Gasteiger partial charge in [-0.2, -0.15) is 0 Å². The minimum Gasteiger partial charge on any atom is -0.324 e. The highest BCUT2D eigenvalue weighted by molar-refractivity contribution is 7.78. The summed E-state index contributed by atoms with van der Waals surface area (Å²) in [4.78, 5) is 36.9. The van der Waals surface area contributed by atoms with E-state index in [1.54, 1.807) is 12.1 Å². The van der Waals surface area contributed by atoms with Crippen LogP contribution in [0.4, 0.5) is 21.9 Å². The second-order valence-electron chi connectivity index (χ2n) is 7.70. The monoisotopic (exact) mass is 442 g/mol. The SMILES string of the molecule is Cc1ccccc1NC(=O)[C@@H](C1CCCCC1)N(S)C(=O)Nc1ccccc1[N+](=O)[O-]. The van der Waals surface area contributed by atoms with Gasteiger partial charge in [0.15, 0.2) is 0 Å². The van der Waals surface area contributed by atoms with E-state index < -0.39 is 17.0 Å². The fourth-order valence-electron chi connectivity index (χ4n) is 3.93. The third-order valence-corrected chi connectivity index (χ3v) is 6.01. The maximum absolute atomic E-state index is 13.2. The van der Waals surface area contributed by atoms with Crippen LogP contribution in [0.15, 0.2) is 48.5 Å². The predicted octanol–water partition coefficient (Wildman–Crippen LogP) is 5.17. The number of para-hydroxylation sites is 3. The maximum Gasteiger partial charge on any atom is 0.332 e. The first-order valence-electron chi connectivity index (χ1n) is 10.3. The molecule has 8 nitrogen and oxygen atoms in total. The first kappa shape index (κ1) is 22.6. The fourth-order valence-corrected chi connectivity index (χ4v) is 4.28. The number of aryl methyl sites for hydroxylation is 1. The van der Waals surface area contributed by atoms with Crippen LogP contribution in [0.5, 0.6) is 0 Å². The molecule has 2 aromatic rings. The molecule has 0 spiro atoms. The molecule has 3 amide bonds. The molecule has 164 valence electrons. The number of rotatable bonds is 6. The van der Waals surface area contributed by atoms with Crippen LogP contribution in [-0.4, -0.2) is 27.2 Å². The molecule has 9 heteroatoms. The molecule has 1 fully saturated rings. The van der Waals surface area contributed by atoms with Crippen molar-refractivity contribution in [2.75, 3.05) is 10.6 Å². The Kier molecular flexibility index (Phi) is 7.51. The summed E-state index contributed by atoms with van der Waals surface area (Å²) in [5.74, 6) is -0.374. The van der Waals surface area contributed by atoms with Crippen molar-refractivity contribution in [3.05, 3.63) is 64.2 Å². The van der Waals surface area contributed by atoms with Crippen molar-refractivity contribution in [3.8, 4) is 0 Å². The summed E-state index contributed by atoms with van der Waals surface area (Å²) in [7, 11) is 0. The van der Waals surface area contributed by atoms with Gasteiger partial charge >= 0.3 is 6.03 Å². The molecule has 1 atom stereocenters. The summed E-state index contributed by atoms with van der Waals surface area (Å²) in [5.41, 5.74) is 1.41. The van der Waals surface area contributed by atoms with Crippen LogP contribution in [0.2, 0.25) is 0 Å². The number of urea groups is 1. The van der Waals surface area contributed by atoms with Crippen molar-refractivity contribution in [2.24, 2.45) is 5.92 Å². The van der Waals surface area contributed by atoms with Crippen LogP contribution < -0.4 is 10.6 Å². The Morgan fingerprint density at radius 1 is 1.03 bits per heavy atom. The summed E-state index contributed by atoms with van der Waals surface area (Å²) in [6, 6.07) is 11.8. The van der Waals surface area contributed by atoms with Crippen molar-refractivity contribution < 1.29 is 14.5 Å². The molecular formula is C22H26N4O4S. The summed E-state index contributed by atoms with van der Waals surface area (Å²) >= 11 is 4.37. The van der Waals surface area contributed by atoms with E-state index >= 15 is 0 Å². The molecule has 0 aromatic heterocycles. The first-order valence-corrected chi connectivity index (χ1v) is 10.7. The number of anilines is 2. The third kappa shape index (κ3) is 5.55. The topological polar surface area (TPSA) is 105 Å². The molecular weight excluding hydrogens is 416 g/mol. The number of nitrogens with zero attached hydrogens (tertiary/aromatic N) is 2. The molecule has 2 aromatic carbocycles. The molecule has 31 heavy (non-hydrogen) atoms. The Labute approximate surface area is 186 Å². The van der Waals surface area contributed by atoms with Crippen molar-refractivity contribution in [3.63, 3.8) is 0 Å². The van der Waals surface area contributed by atoms with E-state index in [2.05, 4.69) is 23.4 Å². The lowest BCUT2D eigenvalue weighted by molar-refractivity contribution is -0.383. The van der Waals surface area contributed by atoms with Gasteiger partial charge in [-0.05, 0) is 43.4 Å². The van der Waals surface area contributed by atoms with E-state index in [0.29, 0.717) is 5.69 Å². The zero-order chi connectivity index (χ0) is 22.4. The Bertz CT molecular complexity index is 962. The normalized spacial score (nSPS) is 15.0. The van der Waals surface area contributed by atoms with E-state index in [1.165, 1.54) is 18.2 Å². The standard InChI is InChI=1S/C22H26N4O4S/c1-15-9-5-6-12-17(15)23-21(27)20(16-10-3-2-4-11-16)25(31)22(28)24-18-13-7-8-14-19(18)26(29)30/h5-9,12-14,16,20,31H,2-4,10-11H2,1H3,(H,23,27)(H,24,28)/t20-/m1/s1. The molecule has 0 unspecified atom stereocenters. The second kappa shape index (κ2) is 10.3. The molecule has 1 aliphatic carbocycles. The largest absolute Gasteiger partial charge is 0.332 e. The van der Waals surface area contributed by atoms with Gasteiger partial charge in [-0.25, -0.2) is 4.79 Å². The van der Waals surface area contributed by atoms with Crippen molar-refractivity contribution in [1.29, 1.82) is 0 Å². The smallest absolute Gasteiger partial charge is 0.324 e. The van der Waals surface area contributed by atoms with Crippen LogP contribution in [0.25, 0.3) is 0 Å². The number of amides is 3. The fraction of sp³-hybridized carbons (Fsp3) is 0.364. The number of nitrogens with one attached hydrogen (secondary N) is 2.